The molecule has 1 atom stereocenters. The number of nitro benzene ring substituents is 1. The topological polar surface area (TPSA) is 109 Å². The molecule has 0 unspecified atom stereocenters. The van der Waals surface area contributed by atoms with Crippen LogP contribution in [0, 0.1) is 10.1 Å². The molecule has 1 heterocycles. The molecule has 1 aliphatic rings. The lowest BCUT2D eigenvalue weighted by Gasteiger charge is -2.30. The van der Waals surface area contributed by atoms with Gasteiger partial charge in [0.05, 0.1) is 30.8 Å². The molecule has 0 amide bonds. The lowest BCUT2D eigenvalue weighted by atomic mass is 10.3. The number of benzene rings is 1. The molecule has 0 spiro atoms. The molecule has 0 bridgehead atoms. The van der Waals surface area contributed by atoms with Crippen molar-refractivity contribution in [3.8, 4) is 5.75 Å². The number of nitro groups is 1. The second-order valence-electron chi connectivity index (χ2n) is 6.20. The van der Waals surface area contributed by atoms with Crippen molar-refractivity contribution < 1.29 is 24.6 Å². The molecule has 146 valence electrons. The van der Waals surface area contributed by atoms with E-state index < -0.39 is 11.0 Å². The molecule has 0 radical (unpaired) electrons. The first-order chi connectivity index (χ1) is 12.6. The van der Waals surface area contributed by atoms with E-state index in [1.165, 1.54) is 12.1 Å². The van der Waals surface area contributed by atoms with Crippen molar-refractivity contribution in [2.45, 2.75) is 6.10 Å². The summed E-state index contributed by atoms with van der Waals surface area (Å²) in [5, 5.41) is 30.2. The maximum absolute atomic E-state index is 10.8. The van der Waals surface area contributed by atoms with E-state index in [1.54, 1.807) is 12.1 Å². The Kier molecular flexibility index (Phi) is 8.72. The highest BCUT2D eigenvalue weighted by atomic mass is 16.6. The van der Waals surface area contributed by atoms with Crippen molar-refractivity contribution in [1.29, 1.82) is 0 Å². The van der Waals surface area contributed by atoms with Gasteiger partial charge < -0.3 is 19.7 Å². The molecule has 9 nitrogen and oxygen atoms in total. The van der Waals surface area contributed by atoms with Gasteiger partial charge in [-0.1, -0.05) is 6.07 Å². The lowest BCUT2D eigenvalue weighted by Crippen LogP contribution is -2.44. The number of aliphatic hydroxyl groups is 2. The van der Waals surface area contributed by atoms with Crippen LogP contribution in [0.3, 0.4) is 0 Å². The molecule has 2 rings (SSSR count). The molecule has 1 aromatic carbocycles. The third kappa shape index (κ3) is 7.22. The minimum atomic E-state index is -0.759. The minimum Gasteiger partial charge on any atom is -0.491 e. The van der Waals surface area contributed by atoms with Gasteiger partial charge in [0, 0.05) is 45.3 Å². The number of ether oxygens (including phenoxy) is 2. The standard InChI is InChI=1S/C17H27N3O6/c21-9-6-19(5-4-18-7-10-25-11-8-18)13-16(22)14-26-17-3-1-2-15(12-17)20(23)24/h1-3,12,16,21-22H,4-11,13-14H2/t16-/m0/s1. The minimum absolute atomic E-state index is 0.0154. The van der Waals surface area contributed by atoms with Gasteiger partial charge in [-0.05, 0) is 6.07 Å². The second-order valence-corrected chi connectivity index (χ2v) is 6.20. The van der Waals surface area contributed by atoms with Crippen LogP contribution in [0.15, 0.2) is 24.3 Å². The molecule has 26 heavy (non-hydrogen) atoms. The summed E-state index contributed by atoms with van der Waals surface area (Å²) in [6.07, 6.45) is -0.759. The summed E-state index contributed by atoms with van der Waals surface area (Å²) in [5.74, 6) is 0.347. The van der Waals surface area contributed by atoms with E-state index in [0.717, 1.165) is 39.4 Å². The molecule has 9 heteroatoms. The van der Waals surface area contributed by atoms with E-state index in [1.807, 2.05) is 4.90 Å². The van der Waals surface area contributed by atoms with Gasteiger partial charge in [0.1, 0.15) is 18.5 Å². The maximum atomic E-state index is 10.8. The third-order valence-electron chi connectivity index (χ3n) is 4.19. The molecule has 1 fully saturated rings. The first-order valence-corrected chi connectivity index (χ1v) is 8.77. The highest BCUT2D eigenvalue weighted by molar-refractivity contribution is 5.37. The first kappa shape index (κ1) is 20.5. The van der Waals surface area contributed by atoms with Crippen LogP contribution in [0.2, 0.25) is 0 Å². The third-order valence-corrected chi connectivity index (χ3v) is 4.19. The number of nitrogens with zero attached hydrogens (tertiary/aromatic N) is 3. The Labute approximate surface area is 152 Å². The molecule has 1 saturated heterocycles. The number of hydrogen-bond donors (Lipinski definition) is 2. The monoisotopic (exact) mass is 369 g/mol. The molecule has 1 aromatic rings. The van der Waals surface area contributed by atoms with E-state index >= 15 is 0 Å². The number of hydrogen-bond acceptors (Lipinski definition) is 8. The first-order valence-electron chi connectivity index (χ1n) is 8.77. The highest BCUT2D eigenvalue weighted by Crippen LogP contribution is 2.19. The highest BCUT2D eigenvalue weighted by Gasteiger charge is 2.16. The number of non-ortho nitro benzene ring substituents is 1. The van der Waals surface area contributed by atoms with Gasteiger partial charge in [-0.15, -0.1) is 0 Å². The Bertz CT molecular complexity index is 553. The van der Waals surface area contributed by atoms with Gasteiger partial charge in [-0.25, -0.2) is 0 Å². The normalized spacial score (nSPS) is 16.6. The summed E-state index contributed by atoms with van der Waals surface area (Å²) < 4.78 is 10.8. The van der Waals surface area contributed by atoms with Crippen molar-refractivity contribution in [2.75, 3.05) is 65.7 Å². The van der Waals surface area contributed by atoms with Gasteiger partial charge in [0.25, 0.3) is 5.69 Å². The zero-order valence-electron chi connectivity index (χ0n) is 14.8. The Morgan fingerprint density at radius 3 is 2.81 bits per heavy atom. The molecule has 1 aliphatic heterocycles. The predicted octanol–water partition coefficient (Wildman–Crippen LogP) is -0.0390. The molecule has 0 aromatic heterocycles. The van der Waals surface area contributed by atoms with Gasteiger partial charge in [0.2, 0.25) is 0 Å². The van der Waals surface area contributed by atoms with E-state index in [2.05, 4.69) is 4.90 Å². The summed E-state index contributed by atoms with van der Waals surface area (Å²) in [6.45, 7) is 5.71. The predicted molar refractivity (Wildman–Crippen MR) is 95.4 cm³/mol. The van der Waals surface area contributed by atoms with Crippen molar-refractivity contribution in [3.05, 3.63) is 34.4 Å². The van der Waals surface area contributed by atoms with E-state index in [4.69, 9.17) is 9.47 Å². The van der Waals surface area contributed by atoms with Crippen LogP contribution in [-0.4, -0.2) is 96.7 Å². The molecular weight excluding hydrogens is 342 g/mol. The molecular formula is C17H27N3O6. The average molecular weight is 369 g/mol. The fourth-order valence-electron chi connectivity index (χ4n) is 2.77. The zero-order chi connectivity index (χ0) is 18.8. The van der Waals surface area contributed by atoms with Gasteiger partial charge in [-0.3, -0.25) is 19.9 Å². The van der Waals surface area contributed by atoms with Crippen LogP contribution in [0.4, 0.5) is 5.69 Å². The zero-order valence-corrected chi connectivity index (χ0v) is 14.8. The van der Waals surface area contributed by atoms with Gasteiger partial charge in [0.15, 0.2) is 0 Å². The average Bonchev–Trinajstić information content (AvgIpc) is 2.66. The summed E-state index contributed by atoms with van der Waals surface area (Å²) in [7, 11) is 0. The Balaban J connectivity index is 1.76. The number of rotatable bonds is 11. The van der Waals surface area contributed by atoms with Gasteiger partial charge in [-0.2, -0.15) is 0 Å². The summed E-state index contributed by atoms with van der Waals surface area (Å²) >= 11 is 0. The fourth-order valence-corrected chi connectivity index (χ4v) is 2.77. The van der Waals surface area contributed by atoms with Gasteiger partial charge >= 0.3 is 0 Å². The van der Waals surface area contributed by atoms with Crippen molar-refractivity contribution in [3.63, 3.8) is 0 Å². The summed E-state index contributed by atoms with van der Waals surface area (Å²) in [4.78, 5) is 14.6. The SMILES string of the molecule is O=[N+]([O-])c1cccc(OC[C@@H](O)CN(CCO)CCN2CCOCC2)c1. The Hall–Kier alpha value is -1.78. The molecule has 0 aliphatic carbocycles. The van der Waals surface area contributed by atoms with E-state index in [0.29, 0.717) is 18.8 Å². The number of aliphatic hydroxyl groups excluding tert-OH is 2. The quantitative estimate of drug-likeness (QED) is 0.413. The summed E-state index contributed by atoms with van der Waals surface area (Å²) in [5.41, 5.74) is -0.0515. The van der Waals surface area contributed by atoms with Crippen LogP contribution in [0.5, 0.6) is 5.75 Å². The Morgan fingerprint density at radius 1 is 1.35 bits per heavy atom. The number of morpholine rings is 1. The molecule has 0 saturated carbocycles. The van der Waals surface area contributed by atoms with Crippen molar-refractivity contribution in [1.82, 2.24) is 9.80 Å². The van der Waals surface area contributed by atoms with Crippen LogP contribution in [-0.2, 0) is 4.74 Å². The lowest BCUT2D eigenvalue weighted by molar-refractivity contribution is -0.384. The van der Waals surface area contributed by atoms with E-state index in [9.17, 15) is 20.3 Å². The summed E-state index contributed by atoms with van der Waals surface area (Å²) in [6, 6.07) is 5.87. The largest absolute Gasteiger partial charge is 0.491 e. The van der Waals surface area contributed by atoms with E-state index in [-0.39, 0.29) is 18.9 Å². The van der Waals surface area contributed by atoms with Crippen molar-refractivity contribution >= 4 is 5.69 Å². The van der Waals surface area contributed by atoms with Crippen LogP contribution in [0.25, 0.3) is 0 Å². The maximum Gasteiger partial charge on any atom is 0.273 e. The second kappa shape index (κ2) is 11.0. The van der Waals surface area contributed by atoms with Crippen LogP contribution < -0.4 is 4.74 Å². The fraction of sp³-hybridized carbons (Fsp3) is 0.647. The molecule has 2 N–H and O–H groups in total. The van der Waals surface area contributed by atoms with Crippen molar-refractivity contribution in [2.24, 2.45) is 0 Å². The Morgan fingerprint density at radius 2 is 2.12 bits per heavy atom. The smallest absolute Gasteiger partial charge is 0.273 e. The van der Waals surface area contributed by atoms with Crippen LogP contribution in [0.1, 0.15) is 0 Å². The van der Waals surface area contributed by atoms with Crippen LogP contribution >= 0.6 is 0 Å².